The molecule has 2 heterocycles. The molecule has 20 heavy (non-hydrogen) atoms. The molecule has 0 aliphatic rings. The van der Waals surface area contributed by atoms with Crippen LogP contribution in [0, 0.1) is 10.1 Å². The fraction of sp³-hybridized carbons (Fsp3) is 0. The van der Waals surface area contributed by atoms with Crippen molar-refractivity contribution in [3.8, 4) is 5.82 Å². The van der Waals surface area contributed by atoms with Crippen LogP contribution in [0.15, 0.2) is 36.9 Å². The molecule has 3 N–H and O–H groups in total. The first-order chi connectivity index (χ1) is 9.72. The summed E-state index contributed by atoms with van der Waals surface area (Å²) in [6.45, 7) is 0. The third-order valence-electron chi connectivity index (χ3n) is 2.80. The number of rotatable bonds is 3. The van der Waals surface area contributed by atoms with Crippen LogP contribution >= 0.6 is 0 Å². The van der Waals surface area contributed by atoms with E-state index in [0.29, 0.717) is 11.0 Å². The van der Waals surface area contributed by atoms with E-state index >= 15 is 0 Å². The molecular weight excluding hydrogens is 262 g/mol. The average molecular weight is 271 g/mol. The number of imidazole rings is 1. The van der Waals surface area contributed by atoms with Crippen LogP contribution in [0.4, 0.5) is 11.5 Å². The maximum Gasteiger partial charge on any atom is 0.355 e. The molecule has 3 rings (SSSR count). The molecule has 2 aromatic heterocycles. The lowest BCUT2D eigenvalue weighted by Crippen LogP contribution is -2.13. The Labute approximate surface area is 112 Å². The second-order valence-electron chi connectivity index (χ2n) is 3.90. The van der Waals surface area contributed by atoms with Crippen molar-refractivity contribution in [3.05, 3.63) is 47.0 Å². The number of para-hydroxylation sites is 2. The molecule has 3 aromatic rings. The number of nitrogens with two attached hydrogens (primary N) is 1. The number of aromatic nitrogens is 4. The molecular formula is C11H9N7O2. The number of nitrogen functional groups attached to an aromatic ring is 1. The Balaban J connectivity index is 2.32. The van der Waals surface area contributed by atoms with Crippen molar-refractivity contribution < 1.29 is 4.92 Å². The number of hydrazine groups is 1. The van der Waals surface area contributed by atoms with Gasteiger partial charge in [0.2, 0.25) is 11.6 Å². The van der Waals surface area contributed by atoms with Gasteiger partial charge in [-0.3, -0.25) is 14.7 Å². The van der Waals surface area contributed by atoms with Crippen molar-refractivity contribution >= 4 is 22.5 Å². The first-order valence-electron chi connectivity index (χ1n) is 5.61. The monoisotopic (exact) mass is 271 g/mol. The van der Waals surface area contributed by atoms with E-state index in [1.165, 1.54) is 17.2 Å². The van der Waals surface area contributed by atoms with E-state index in [1.54, 1.807) is 12.1 Å². The molecule has 9 nitrogen and oxygen atoms in total. The number of nitro groups is 1. The minimum absolute atomic E-state index is 0.0576. The van der Waals surface area contributed by atoms with E-state index in [2.05, 4.69) is 20.4 Å². The molecule has 0 aliphatic carbocycles. The summed E-state index contributed by atoms with van der Waals surface area (Å²) in [7, 11) is 0. The van der Waals surface area contributed by atoms with Crippen LogP contribution < -0.4 is 11.3 Å². The molecule has 0 atom stereocenters. The number of nitrogens with one attached hydrogen (secondary N) is 1. The van der Waals surface area contributed by atoms with Gasteiger partial charge in [-0.25, -0.2) is 20.8 Å². The second-order valence-corrected chi connectivity index (χ2v) is 3.90. The fourth-order valence-corrected chi connectivity index (χ4v) is 1.95. The summed E-state index contributed by atoms with van der Waals surface area (Å²) < 4.78 is 1.52. The van der Waals surface area contributed by atoms with E-state index in [1.807, 2.05) is 12.1 Å². The normalized spacial score (nSPS) is 10.7. The van der Waals surface area contributed by atoms with Crippen molar-refractivity contribution in [2.45, 2.75) is 0 Å². The van der Waals surface area contributed by atoms with Crippen LogP contribution in [-0.2, 0) is 0 Å². The SMILES string of the molecule is NNc1ncnc(-n2cnc3ccccc32)c1[N+](=O)[O-]. The molecule has 0 saturated heterocycles. The van der Waals surface area contributed by atoms with E-state index in [0.717, 1.165) is 0 Å². The van der Waals surface area contributed by atoms with Gasteiger partial charge in [0.15, 0.2) is 0 Å². The van der Waals surface area contributed by atoms with Gasteiger partial charge in [0.1, 0.15) is 12.7 Å². The number of nitrogens with zero attached hydrogens (tertiary/aromatic N) is 5. The van der Waals surface area contributed by atoms with Crippen LogP contribution in [0.3, 0.4) is 0 Å². The maximum atomic E-state index is 11.2. The van der Waals surface area contributed by atoms with E-state index in [9.17, 15) is 10.1 Å². The van der Waals surface area contributed by atoms with E-state index in [4.69, 9.17) is 5.84 Å². The molecule has 0 radical (unpaired) electrons. The highest BCUT2D eigenvalue weighted by atomic mass is 16.6. The maximum absolute atomic E-state index is 11.2. The van der Waals surface area contributed by atoms with Gasteiger partial charge in [-0.05, 0) is 12.1 Å². The number of fused-ring (bicyclic) bond motifs is 1. The van der Waals surface area contributed by atoms with Gasteiger partial charge in [-0.1, -0.05) is 12.1 Å². The van der Waals surface area contributed by atoms with Gasteiger partial charge in [-0.15, -0.1) is 0 Å². The van der Waals surface area contributed by atoms with E-state index in [-0.39, 0.29) is 17.3 Å². The van der Waals surface area contributed by atoms with Gasteiger partial charge in [0.05, 0.1) is 16.0 Å². The van der Waals surface area contributed by atoms with Crippen LogP contribution in [0.1, 0.15) is 0 Å². The van der Waals surface area contributed by atoms with Crippen LogP contribution in [-0.4, -0.2) is 24.4 Å². The summed E-state index contributed by atoms with van der Waals surface area (Å²) >= 11 is 0. The second kappa shape index (κ2) is 4.55. The van der Waals surface area contributed by atoms with Crippen LogP contribution in [0.2, 0.25) is 0 Å². The quantitative estimate of drug-likeness (QED) is 0.413. The number of benzene rings is 1. The Morgan fingerprint density at radius 1 is 1.25 bits per heavy atom. The fourth-order valence-electron chi connectivity index (χ4n) is 1.95. The lowest BCUT2D eigenvalue weighted by Gasteiger charge is -2.06. The Morgan fingerprint density at radius 2 is 2.05 bits per heavy atom. The minimum Gasteiger partial charge on any atom is -0.303 e. The van der Waals surface area contributed by atoms with Gasteiger partial charge >= 0.3 is 5.69 Å². The Kier molecular flexibility index (Phi) is 2.73. The molecule has 0 fully saturated rings. The van der Waals surface area contributed by atoms with Crippen molar-refractivity contribution in [3.63, 3.8) is 0 Å². The Morgan fingerprint density at radius 3 is 2.80 bits per heavy atom. The molecule has 0 spiro atoms. The highest BCUT2D eigenvalue weighted by Crippen LogP contribution is 2.29. The molecule has 1 aromatic carbocycles. The van der Waals surface area contributed by atoms with Crippen molar-refractivity contribution in [2.75, 3.05) is 5.43 Å². The largest absolute Gasteiger partial charge is 0.355 e. The van der Waals surface area contributed by atoms with Crippen molar-refractivity contribution in [1.29, 1.82) is 0 Å². The van der Waals surface area contributed by atoms with E-state index < -0.39 is 4.92 Å². The summed E-state index contributed by atoms with van der Waals surface area (Å²) in [4.78, 5) is 22.5. The highest BCUT2D eigenvalue weighted by molar-refractivity contribution is 5.78. The Bertz CT molecular complexity index is 798. The molecule has 9 heteroatoms. The molecule has 0 bridgehead atoms. The predicted molar refractivity (Wildman–Crippen MR) is 71.1 cm³/mol. The average Bonchev–Trinajstić information content (AvgIpc) is 2.90. The summed E-state index contributed by atoms with van der Waals surface area (Å²) in [5, 5.41) is 11.2. The summed E-state index contributed by atoms with van der Waals surface area (Å²) in [6.07, 6.45) is 2.67. The first kappa shape index (κ1) is 12.0. The van der Waals surface area contributed by atoms with Crippen LogP contribution in [0.25, 0.3) is 16.9 Å². The predicted octanol–water partition coefficient (Wildman–Crippen LogP) is 1.01. The zero-order chi connectivity index (χ0) is 14.1. The summed E-state index contributed by atoms with van der Waals surface area (Å²) in [5.41, 5.74) is 3.31. The van der Waals surface area contributed by atoms with Gasteiger partial charge < -0.3 is 5.43 Å². The lowest BCUT2D eigenvalue weighted by atomic mass is 10.3. The van der Waals surface area contributed by atoms with Crippen molar-refractivity contribution in [1.82, 2.24) is 19.5 Å². The molecule has 100 valence electrons. The van der Waals surface area contributed by atoms with Gasteiger partial charge in [0, 0.05) is 0 Å². The summed E-state index contributed by atoms with van der Waals surface area (Å²) in [6, 6.07) is 7.25. The minimum atomic E-state index is -0.584. The number of hydrogen-bond acceptors (Lipinski definition) is 7. The topological polar surface area (TPSA) is 125 Å². The molecule has 0 unspecified atom stereocenters. The number of hydrogen-bond donors (Lipinski definition) is 2. The molecule has 0 aliphatic heterocycles. The third-order valence-corrected chi connectivity index (χ3v) is 2.80. The lowest BCUT2D eigenvalue weighted by molar-refractivity contribution is -0.384. The van der Waals surface area contributed by atoms with Gasteiger partial charge in [0.25, 0.3) is 0 Å². The first-order valence-corrected chi connectivity index (χ1v) is 5.61. The molecule has 0 saturated carbocycles. The third kappa shape index (κ3) is 1.73. The Hall–Kier alpha value is -3.07. The number of anilines is 1. The molecule has 0 amide bonds. The smallest absolute Gasteiger partial charge is 0.303 e. The standard InChI is InChI=1S/C11H9N7O2/c12-16-10-9(18(19)20)11(14-5-13-10)17-6-15-7-3-1-2-4-8(7)17/h1-6H,12H2,(H,13,14,16). The zero-order valence-electron chi connectivity index (χ0n) is 10.1. The zero-order valence-corrected chi connectivity index (χ0v) is 10.1. The summed E-state index contributed by atoms with van der Waals surface area (Å²) in [5.74, 6) is 5.30. The highest BCUT2D eigenvalue weighted by Gasteiger charge is 2.24. The van der Waals surface area contributed by atoms with Crippen molar-refractivity contribution in [2.24, 2.45) is 5.84 Å². The van der Waals surface area contributed by atoms with Gasteiger partial charge in [-0.2, -0.15) is 0 Å². The van der Waals surface area contributed by atoms with Crippen LogP contribution in [0.5, 0.6) is 0 Å².